The molecular weight excluding hydrogens is 367 g/mol. The zero-order valence-corrected chi connectivity index (χ0v) is 16.0. The quantitative estimate of drug-likeness (QED) is 0.778. The largest absolute Gasteiger partial charge is 0.481 e. The van der Waals surface area contributed by atoms with E-state index >= 15 is 0 Å². The number of rotatable bonds is 4. The average molecular weight is 391 g/mol. The number of carboxylic acid groups (broad SMARTS) is 1. The van der Waals surface area contributed by atoms with Gasteiger partial charge in [0.05, 0.1) is 17.5 Å². The molecule has 1 heterocycles. The summed E-state index contributed by atoms with van der Waals surface area (Å²) in [5, 5.41) is 9.45. The van der Waals surface area contributed by atoms with Crippen molar-refractivity contribution >= 4 is 5.97 Å². The third-order valence-corrected chi connectivity index (χ3v) is 5.45. The highest BCUT2D eigenvalue weighted by molar-refractivity contribution is 5.70. The number of likely N-dealkylation sites (tertiary alicyclic amines) is 1. The van der Waals surface area contributed by atoms with E-state index in [0.717, 1.165) is 40.8 Å². The number of halogens is 3. The highest BCUT2D eigenvalue weighted by atomic mass is 19.4. The van der Waals surface area contributed by atoms with Gasteiger partial charge in [-0.15, -0.1) is 0 Å². The van der Waals surface area contributed by atoms with Crippen molar-refractivity contribution in [3.8, 4) is 0 Å². The summed E-state index contributed by atoms with van der Waals surface area (Å²) in [4.78, 5) is 13.6. The fourth-order valence-electron chi connectivity index (χ4n) is 3.94. The predicted octanol–water partition coefficient (Wildman–Crippen LogP) is 5.21. The summed E-state index contributed by atoms with van der Waals surface area (Å²) in [7, 11) is 0. The van der Waals surface area contributed by atoms with Gasteiger partial charge in [0.25, 0.3) is 0 Å². The van der Waals surface area contributed by atoms with Gasteiger partial charge in [0.1, 0.15) is 0 Å². The molecule has 28 heavy (non-hydrogen) atoms. The third kappa shape index (κ3) is 4.38. The van der Waals surface area contributed by atoms with Gasteiger partial charge in [-0.1, -0.05) is 35.9 Å². The monoisotopic (exact) mass is 391 g/mol. The Morgan fingerprint density at radius 1 is 1.14 bits per heavy atom. The lowest BCUT2D eigenvalue weighted by Crippen LogP contribution is -2.41. The summed E-state index contributed by atoms with van der Waals surface area (Å²) < 4.78 is 38.9. The van der Waals surface area contributed by atoms with Crippen LogP contribution in [0.2, 0.25) is 0 Å². The van der Waals surface area contributed by atoms with Crippen molar-refractivity contribution in [2.45, 2.75) is 38.9 Å². The molecule has 2 aromatic rings. The Hall–Kier alpha value is -2.34. The molecule has 0 saturated carbocycles. The van der Waals surface area contributed by atoms with E-state index in [4.69, 9.17) is 0 Å². The summed E-state index contributed by atoms with van der Waals surface area (Å²) in [6.07, 6.45) is -3.01. The van der Waals surface area contributed by atoms with E-state index in [2.05, 4.69) is 4.90 Å². The van der Waals surface area contributed by atoms with E-state index in [1.807, 2.05) is 32.0 Å². The van der Waals surface area contributed by atoms with Crippen molar-refractivity contribution in [2.24, 2.45) is 5.92 Å². The van der Waals surface area contributed by atoms with E-state index < -0.39 is 23.6 Å². The van der Waals surface area contributed by atoms with Gasteiger partial charge in [-0.25, -0.2) is 0 Å². The summed E-state index contributed by atoms with van der Waals surface area (Å²) in [6.45, 7) is 5.05. The molecule has 0 radical (unpaired) electrons. The Kier molecular flexibility index (Phi) is 5.79. The zero-order chi connectivity index (χ0) is 20.5. The number of hydrogen-bond donors (Lipinski definition) is 1. The second-order valence-corrected chi connectivity index (χ2v) is 7.55. The van der Waals surface area contributed by atoms with Crippen LogP contribution in [0, 0.1) is 19.8 Å². The van der Waals surface area contributed by atoms with Gasteiger partial charge in [0.15, 0.2) is 0 Å². The Morgan fingerprint density at radius 2 is 1.82 bits per heavy atom. The summed E-state index contributed by atoms with van der Waals surface area (Å²) in [5.74, 6) is -1.28. The van der Waals surface area contributed by atoms with E-state index in [9.17, 15) is 23.1 Å². The van der Waals surface area contributed by atoms with Crippen LogP contribution in [-0.2, 0) is 11.0 Å². The van der Waals surface area contributed by atoms with E-state index in [1.165, 1.54) is 12.1 Å². The fraction of sp³-hybridized carbons (Fsp3) is 0.409. The van der Waals surface area contributed by atoms with E-state index in [-0.39, 0.29) is 6.04 Å². The Bertz CT molecular complexity index is 846. The van der Waals surface area contributed by atoms with Crippen LogP contribution < -0.4 is 0 Å². The van der Waals surface area contributed by atoms with Gasteiger partial charge in [-0.3, -0.25) is 9.69 Å². The number of nitrogens with zero attached hydrogens (tertiary/aromatic N) is 1. The molecule has 1 aliphatic heterocycles. The smallest absolute Gasteiger partial charge is 0.416 e. The first-order valence-electron chi connectivity index (χ1n) is 9.38. The van der Waals surface area contributed by atoms with Crippen molar-refractivity contribution in [3.63, 3.8) is 0 Å². The van der Waals surface area contributed by atoms with Crippen molar-refractivity contribution in [1.29, 1.82) is 0 Å². The maximum atomic E-state index is 13.0. The molecule has 2 unspecified atom stereocenters. The predicted molar refractivity (Wildman–Crippen MR) is 101 cm³/mol. The Labute approximate surface area is 162 Å². The summed E-state index contributed by atoms with van der Waals surface area (Å²) in [6, 6.07) is 11.0. The molecule has 0 aromatic heterocycles. The van der Waals surface area contributed by atoms with E-state index in [1.54, 1.807) is 0 Å². The van der Waals surface area contributed by atoms with Crippen molar-refractivity contribution in [3.05, 3.63) is 70.3 Å². The minimum atomic E-state index is -4.38. The standard InChI is InChI=1S/C22H24F3NO2/c1-14-5-6-15(2)19(12-14)20(26-11-3-4-17(13-26)21(27)28)16-7-9-18(10-8-16)22(23,24)25/h5-10,12,17,20H,3-4,11,13H2,1-2H3,(H,27,28). The molecule has 1 aliphatic rings. The normalized spacial score (nSPS) is 19.4. The van der Waals surface area contributed by atoms with Crippen LogP contribution in [0.15, 0.2) is 42.5 Å². The number of aliphatic carboxylic acids is 1. The number of alkyl halides is 3. The van der Waals surface area contributed by atoms with Crippen molar-refractivity contribution < 1.29 is 23.1 Å². The molecule has 6 heteroatoms. The first-order chi connectivity index (χ1) is 13.2. The lowest BCUT2D eigenvalue weighted by Gasteiger charge is -2.38. The Balaban J connectivity index is 2.04. The van der Waals surface area contributed by atoms with Gasteiger partial charge in [-0.05, 0) is 62.1 Å². The molecule has 0 spiro atoms. The lowest BCUT2D eigenvalue weighted by atomic mass is 9.88. The van der Waals surface area contributed by atoms with Crippen LogP contribution >= 0.6 is 0 Å². The number of carboxylic acids is 1. The minimum absolute atomic E-state index is 0.274. The summed E-state index contributed by atoms with van der Waals surface area (Å²) >= 11 is 0. The maximum Gasteiger partial charge on any atom is 0.416 e. The number of benzene rings is 2. The topological polar surface area (TPSA) is 40.5 Å². The van der Waals surface area contributed by atoms with Crippen molar-refractivity contribution in [2.75, 3.05) is 13.1 Å². The lowest BCUT2D eigenvalue weighted by molar-refractivity contribution is -0.144. The molecule has 1 fully saturated rings. The highest BCUT2D eigenvalue weighted by Gasteiger charge is 2.33. The molecule has 0 amide bonds. The van der Waals surface area contributed by atoms with Gasteiger partial charge in [0, 0.05) is 6.54 Å². The van der Waals surface area contributed by atoms with Gasteiger partial charge < -0.3 is 5.11 Å². The SMILES string of the molecule is Cc1ccc(C)c(C(c2ccc(C(F)(F)F)cc2)N2CCCC(C(=O)O)C2)c1. The van der Waals surface area contributed by atoms with Crippen LogP contribution in [0.4, 0.5) is 13.2 Å². The van der Waals surface area contributed by atoms with Crippen LogP contribution in [0.1, 0.15) is 46.7 Å². The molecular formula is C22H24F3NO2. The van der Waals surface area contributed by atoms with Crippen LogP contribution in [0.5, 0.6) is 0 Å². The molecule has 2 atom stereocenters. The Morgan fingerprint density at radius 3 is 2.43 bits per heavy atom. The fourth-order valence-corrected chi connectivity index (χ4v) is 3.94. The van der Waals surface area contributed by atoms with Crippen LogP contribution in [0.3, 0.4) is 0 Å². The molecule has 3 rings (SSSR count). The maximum absolute atomic E-state index is 13.0. The zero-order valence-electron chi connectivity index (χ0n) is 16.0. The first-order valence-corrected chi connectivity index (χ1v) is 9.38. The number of aryl methyl sites for hydroxylation is 2. The van der Waals surface area contributed by atoms with Gasteiger partial charge in [0.2, 0.25) is 0 Å². The van der Waals surface area contributed by atoms with Crippen molar-refractivity contribution in [1.82, 2.24) is 4.90 Å². The number of carbonyl (C=O) groups is 1. The van der Waals surface area contributed by atoms with Gasteiger partial charge >= 0.3 is 12.1 Å². The van der Waals surface area contributed by atoms with Crippen LogP contribution in [-0.4, -0.2) is 29.1 Å². The number of hydrogen-bond acceptors (Lipinski definition) is 2. The highest BCUT2D eigenvalue weighted by Crippen LogP contribution is 2.36. The second-order valence-electron chi connectivity index (χ2n) is 7.55. The molecule has 150 valence electrons. The molecule has 3 nitrogen and oxygen atoms in total. The average Bonchev–Trinajstić information content (AvgIpc) is 2.65. The molecule has 2 aromatic carbocycles. The summed E-state index contributed by atoms with van der Waals surface area (Å²) in [5.41, 5.74) is 3.16. The number of piperidine rings is 1. The first kappa shape index (κ1) is 20.4. The third-order valence-electron chi connectivity index (χ3n) is 5.45. The molecule has 0 bridgehead atoms. The van der Waals surface area contributed by atoms with Gasteiger partial charge in [-0.2, -0.15) is 13.2 Å². The minimum Gasteiger partial charge on any atom is -0.481 e. The second kappa shape index (κ2) is 7.95. The van der Waals surface area contributed by atoms with Crippen LogP contribution in [0.25, 0.3) is 0 Å². The van der Waals surface area contributed by atoms with E-state index in [0.29, 0.717) is 19.5 Å². The molecule has 1 N–H and O–H groups in total. The molecule has 0 aliphatic carbocycles. The molecule has 1 saturated heterocycles.